The Bertz CT molecular complexity index is 757. The van der Waals surface area contributed by atoms with Crippen molar-refractivity contribution in [1.82, 2.24) is 15.3 Å². The van der Waals surface area contributed by atoms with Gasteiger partial charge in [0, 0.05) is 11.9 Å². The van der Waals surface area contributed by atoms with E-state index in [9.17, 15) is 4.79 Å². The number of ether oxygens (including phenoxy) is 1. The minimum absolute atomic E-state index is 0.00963. The number of aryl methyl sites for hydroxylation is 1. The van der Waals surface area contributed by atoms with Crippen LogP contribution in [0.1, 0.15) is 31.7 Å². The van der Waals surface area contributed by atoms with Crippen molar-refractivity contribution in [2.75, 3.05) is 24.6 Å². The summed E-state index contributed by atoms with van der Waals surface area (Å²) in [7, 11) is 0. The highest BCUT2D eigenvalue weighted by Gasteiger charge is 2.31. The summed E-state index contributed by atoms with van der Waals surface area (Å²) >= 11 is 6.14. The van der Waals surface area contributed by atoms with Crippen LogP contribution in [0.15, 0.2) is 18.2 Å². The highest BCUT2D eigenvalue weighted by molar-refractivity contribution is 6.29. The van der Waals surface area contributed by atoms with Crippen molar-refractivity contribution >= 4 is 34.4 Å². The molecule has 0 saturated carbocycles. The second-order valence-corrected chi connectivity index (χ2v) is 6.66. The molecule has 2 aromatic rings. The maximum absolute atomic E-state index is 12.8. The van der Waals surface area contributed by atoms with Crippen molar-refractivity contribution in [1.29, 1.82) is 0 Å². The largest absolute Gasteiger partial charge is 0.449 e. The number of rotatable bonds is 5. The van der Waals surface area contributed by atoms with Crippen LogP contribution in [0, 0.1) is 6.92 Å². The first-order chi connectivity index (χ1) is 12.1. The number of unbranched alkanes of at least 4 members (excludes halogenated alkanes) is 1. The Morgan fingerprint density at radius 2 is 2.28 bits per heavy atom. The standard InChI is InChI=1S/C18H23ClN4O2/c1-3-4-9-25-18(24)23(13-7-8-20-11-13)16-14-6-5-12(2)10-15(14)21-17(19)22-16/h5-6,10,13,20H,3-4,7-9,11H2,1-2H3. The summed E-state index contributed by atoms with van der Waals surface area (Å²) in [5.74, 6) is 0.519. The van der Waals surface area contributed by atoms with Gasteiger partial charge in [0.2, 0.25) is 5.28 Å². The molecule has 1 aliphatic heterocycles. The monoisotopic (exact) mass is 362 g/mol. The van der Waals surface area contributed by atoms with E-state index in [0.29, 0.717) is 19.0 Å². The summed E-state index contributed by atoms with van der Waals surface area (Å²) in [6, 6.07) is 5.85. The van der Waals surface area contributed by atoms with Gasteiger partial charge in [0.05, 0.1) is 18.2 Å². The van der Waals surface area contributed by atoms with Gasteiger partial charge in [-0.25, -0.2) is 9.78 Å². The van der Waals surface area contributed by atoms with E-state index in [1.54, 1.807) is 4.90 Å². The van der Waals surface area contributed by atoms with Gasteiger partial charge in [0.1, 0.15) is 0 Å². The fourth-order valence-corrected chi connectivity index (χ4v) is 3.19. The fourth-order valence-electron chi connectivity index (χ4n) is 3.02. The molecule has 0 bridgehead atoms. The molecule has 1 amide bonds. The second-order valence-electron chi connectivity index (χ2n) is 6.32. The van der Waals surface area contributed by atoms with E-state index in [0.717, 1.165) is 42.3 Å². The number of hydrogen-bond donors (Lipinski definition) is 1. The van der Waals surface area contributed by atoms with Crippen LogP contribution >= 0.6 is 11.6 Å². The zero-order chi connectivity index (χ0) is 17.8. The highest BCUT2D eigenvalue weighted by Crippen LogP contribution is 2.29. The molecule has 2 heterocycles. The van der Waals surface area contributed by atoms with Gasteiger partial charge in [0.25, 0.3) is 0 Å². The summed E-state index contributed by atoms with van der Waals surface area (Å²) in [5, 5.41) is 4.22. The maximum Gasteiger partial charge on any atom is 0.415 e. The number of carbonyl (C=O) groups excluding carboxylic acids is 1. The van der Waals surface area contributed by atoms with Gasteiger partial charge in [-0.2, -0.15) is 4.98 Å². The number of nitrogens with one attached hydrogen (secondary N) is 1. The van der Waals surface area contributed by atoms with E-state index in [1.807, 2.05) is 25.1 Å². The molecule has 25 heavy (non-hydrogen) atoms. The van der Waals surface area contributed by atoms with Gasteiger partial charge in [-0.1, -0.05) is 19.4 Å². The molecule has 3 rings (SSSR count). The topological polar surface area (TPSA) is 67.3 Å². The van der Waals surface area contributed by atoms with Crippen molar-refractivity contribution in [3.05, 3.63) is 29.0 Å². The van der Waals surface area contributed by atoms with Crippen molar-refractivity contribution in [3.63, 3.8) is 0 Å². The fraction of sp³-hybridized carbons (Fsp3) is 0.500. The molecule has 1 saturated heterocycles. The van der Waals surface area contributed by atoms with Crippen LogP contribution < -0.4 is 10.2 Å². The van der Waals surface area contributed by atoms with Crippen molar-refractivity contribution < 1.29 is 9.53 Å². The third-order valence-electron chi connectivity index (χ3n) is 4.35. The Balaban J connectivity index is 2.03. The van der Waals surface area contributed by atoms with E-state index >= 15 is 0 Å². The average Bonchev–Trinajstić information content (AvgIpc) is 3.08. The molecule has 0 radical (unpaired) electrons. The molecule has 0 spiro atoms. The smallest absolute Gasteiger partial charge is 0.415 e. The van der Waals surface area contributed by atoms with Crippen LogP contribution in [0.4, 0.5) is 10.6 Å². The molecule has 1 aromatic heterocycles. The van der Waals surface area contributed by atoms with E-state index in [2.05, 4.69) is 22.2 Å². The number of carbonyl (C=O) groups is 1. The second kappa shape index (κ2) is 7.97. The summed E-state index contributed by atoms with van der Waals surface area (Å²) in [6.45, 7) is 6.03. The molecule has 1 aromatic carbocycles. The number of anilines is 1. The minimum Gasteiger partial charge on any atom is -0.449 e. The minimum atomic E-state index is -0.376. The van der Waals surface area contributed by atoms with Gasteiger partial charge in [-0.05, 0) is 55.6 Å². The molecule has 1 atom stereocenters. The number of benzene rings is 1. The lowest BCUT2D eigenvalue weighted by molar-refractivity contribution is 0.149. The summed E-state index contributed by atoms with van der Waals surface area (Å²) in [6.07, 6.45) is 2.28. The molecule has 1 aliphatic rings. The third-order valence-corrected chi connectivity index (χ3v) is 4.52. The number of halogens is 1. The Kier molecular flexibility index (Phi) is 5.71. The first-order valence-corrected chi connectivity index (χ1v) is 9.08. The van der Waals surface area contributed by atoms with Crippen LogP contribution in [0.3, 0.4) is 0 Å². The quantitative estimate of drug-likeness (QED) is 0.649. The summed E-state index contributed by atoms with van der Waals surface area (Å²) in [4.78, 5) is 23.1. The zero-order valence-corrected chi connectivity index (χ0v) is 15.3. The van der Waals surface area contributed by atoms with E-state index in [-0.39, 0.29) is 17.4 Å². The number of aromatic nitrogens is 2. The predicted octanol–water partition coefficient (Wildman–Crippen LogP) is 3.70. The molecule has 6 nitrogen and oxygen atoms in total. The van der Waals surface area contributed by atoms with Crippen molar-refractivity contribution in [2.45, 2.75) is 39.2 Å². The Morgan fingerprint density at radius 3 is 3.00 bits per heavy atom. The van der Waals surface area contributed by atoms with E-state index in [1.165, 1.54) is 0 Å². The molecular formula is C18H23ClN4O2. The molecule has 134 valence electrons. The molecular weight excluding hydrogens is 340 g/mol. The number of nitrogens with zero attached hydrogens (tertiary/aromatic N) is 3. The SMILES string of the molecule is CCCCOC(=O)N(c1nc(Cl)nc2cc(C)ccc12)C1CCNC1. The number of hydrogen-bond acceptors (Lipinski definition) is 5. The Morgan fingerprint density at radius 1 is 1.44 bits per heavy atom. The van der Waals surface area contributed by atoms with Gasteiger partial charge >= 0.3 is 6.09 Å². The molecule has 0 aliphatic carbocycles. The predicted molar refractivity (Wildman–Crippen MR) is 99.3 cm³/mol. The van der Waals surface area contributed by atoms with Gasteiger partial charge < -0.3 is 10.1 Å². The van der Waals surface area contributed by atoms with Gasteiger partial charge in [0.15, 0.2) is 5.82 Å². The van der Waals surface area contributed by atoms with E-state index < -0.39 is 0 Å². The first-order valence-electron chi connectivity index (χ1n) is 8.70. The van der Waals surface area contributed by atoms with Crippen molar-refractivity contribution in [3.8, 4) is 0 Å². The number of amides is 1. The van der Waals surface area contributed by atoms with E-state index in [4.69, 9.17) is 16.3 Å². The average molecular weight is 363 g/mol. The van der Waals surface area contributed by atoms with Crippen LogP contribution in [-0.2, 0) is 4.74 Å². The van der Waals surface area contributed by atoms with Crippen LogP contribution in [0.2, 0.25) is 5.28 Å². The zero-order valence-electron chi connectivity index (χ0n) is 14.6. The third kappa shape index (κ3) is 4.02. The Labute approximate surface area is 152 Å². The van der Waals surface area contributed by atoms with Crippen LogP contribution in [0.25, 0.3) is 10.9 Å². The lowest BCUT2D eigenvalue weighted by Gasteiger charge is -2.27. The van der Waals surface area contributed by atoms with Crippen molar-refractivity contribution in [2.24, 2.45) is 0 Å². The summed E-state index contributed by atoms with van der Waals surface area (Å²) < 4.78 is 5.48. The lowest BCUT2D eigenvalue weighted by atomic mass is 10.1. The van der Waals surface area contributed by atoms with Gasteiger partial charge in [-0.3, -0.25) is 4.90 Å². The first kappa shape index (κ1) is 17.9. The van der Waals surface area contributed by atoms with Crippen LogP contribution in [-0.4, -0.2) is 41.8 Å². The lowest BCUT2D eigenvalue weighted by Crippen LogP contribution is -2.43. The van der Waals surface area contributed by atoms with Gasteiger partial charge in [-0.15, -0.1) is 0 Å². The van der Waals surface area contributed by atoms with Crippen LogP contribution in [0.5, 0.6) is 0 Å². The highest BCUT2D eigenvalue weighted by atomic mass is 35.5. The molecule has 1 fully saturated rings. The molecule has 1 N–H and O–H groups in total. The summed E-state index contributed by atoms with van der Waals surface area (Å²) in [5.41, 5.74) is 1.81. The molecule has 7 heteroatoms. The number of fused-ring (bicyclic) bond motifs is 1. The normalized spacial score (nSPS) is 17.0. The molecule has 1 unspecified atom stereocenters. The Hall–Kier alpha value is -1.92. The maximum atomic E-state index is 12.8.